The molecule has 0 aliphatic carbocycles. The van der Waals surface area contributed by atoms with Crippen molar-refractivity contribution in [3.8, 4) is 0 Å². The van der Waals surface area contributed by atoms with Crippen LogP contribution in [0.4, 0.5) is 4.79 Å². The van der Waals surface area contributed by atoms with Crippen LogP contribution >= 0.6 is 0 Å². The third-order valence-electron chi connectivity index (χ3n) is 8.77. The number of likely N-dealkylation sites (N-methyl/N-ethyl adjacent to an activating group) is 1. The second-order valence-corrected chi connectivity index (χ2v) is 11.7. The zero-order valence-corrected chi connectivity index (χ0v) is 25.6. The van der Waals surface area contributed by atoms with Gasteiger partial charge in [-0.3, -0.25) is 9.69 Å². The summed E-state index contributed by atoms with van der Waals surface area (Å²) in [6.45, 7) is 6.39. The van der Waals surface area contributed by atoms with Gasteiger partial charge < -0.3 is 19.4 Å². The van der Waals surface area contributed by atoms with Crippen molar-refractivity contribution in [1.29, 1.82) is 0 Å². The van der Waals surface area contributed by atoms with Crippen molar-refractivity contribution >= 4 is 17.9 Å². The minimum absolute atomic E-state index is 0.0874. The first-order valence-corrected chi connectivity index (χ1v) is 15.1. The number of urea groups is 1. The lowest BCUT2D eigenvalue weighted by molar-refractivity contribution is -0.147. The number of carbonyl (C=O) groups is 3. The lowest BCUT2D eigenvalue weighted by Gasteiger charge is -2.38. The van der Waals surface area contributed by atoms with Crippen LogP contribution in [0.15, 0.2) is 91.0 Å². The van der Waals surface area contributed by atoms with E-state index >= 15 is 0 Å². The van der Waals surface area contributed by atoms with Crippen molar-refractivity contribution < 1.29 is 19.1 Å². The summed E-state index contributed by atoms with van der Waals surface area (Å²) in [7, 11) is 2.99. The van der Waals surface area contributed by atoms with E-state index in [-0.39, 0.29) is 23.9 Å². The van der Waals surface area contributed by atoms with Crippen LogP contribution in [-0.4, -0.2) is 96.5 Å². The van der Waals surface area contributed by atoms with Gasteiger partial charge in [0.1, 0.15) is 12.1 Å². The van der Waals surface area contributed by atoms with Gasteiger partial charge in [-0.25, -0.2) is 9.59 Å². The summed E-state index contributed by atoms with van der Waals surface area (Å²) >= 11 is 0. The maximum atomic E-state index is 14.1. The first-order chi connectivity index (χ1) is 20.8. The van der Waals surface area contributed by atoms with Gasteiger partial charge in [0.25, 0.3) is 0 Å². The number of nitrogens with zero attached hydrogens (tertiary/aromatic N) is 4. The van der Waals surface area contributed by atoms with Crippen molar-refractivity contribution in [2.75, 3.05) is 46.9 Å². The summed E-state index contributed by atoms with van der Waals surface area (Å²) in [5.74, 6) is -0.430. The largest absolute Gasteiger partial charge is 0.467 e. The summed E-state index contributed by atoms with van der Waals surface area (Å²) in [6, 6.07) is 30.1. The number of hydrogen-bond acceptors (Lipinski definition) is 5. The highest BCUT2D eigenvalue weighted by molar-refractivity contribution is 5.86. The summed E-state index contributed by atoms with van der Waals surface area (Å²) in [5, 5.41) is 0. The number of rotatable bonds is 8. The zero-order chi connectivity index (χ0) is 30.6. The summed E-state index contributed by atoms with van der Waals surface area (Å²) in [5.41, 5.74) is 2.72. The van der Waals surface area contributed by atoms with Crippen molar-refractivity contribution in [1.82, 2.24) is 19.6 Å². The van der Waals surface area contributed by atoms with Crippen molar-refractivity contribution in [2.24, 2.45) is 5.92 Å². The molecule has 5 rings (SSSR count). The summed E-state index contributed by atoms with van der Waals surface area (Å²) in [4.78, 5) is 47.4. The molecule has 3 atom stereocenters. The molecule has 8 heteroatoms. The molecule has 0 radical (unpaired) electrons. The van der Waals surface area contributed by atoms with Gasteiger partial charge in [0.05, 0.1) is 12.6 Å². The number of amides is 3. The number of methoxy groups -OCH3 is 1. The van der Waals surface area contributed by atoms with E-state index in [1.54, 1.807) is 11.9 Å². The molecule has 2 saturated heterocycles. The van der Waals surface area contributed by atoms with Crippen molar-refractivity contribution in [2.45, 2.75) is 37.9 Å². The highest BCUT2D eigenvalue weighted by atomic mass is 16.5. The van der Waals surface area contributed by atoms with Gasteiger partial charge in [-0.05, 0) is 29.0 Å². The number of ether oxygens (including phenoxy) is 1. The molecule has 0 saturated carbocycles. The van der Waals surface area contributed by atoms with Gasteiger partial charge in [0, 0.05) is 39.8 Å². The van der Waals surface area contributed by atoms with E-state index in [1.165, 1.54) is 12.0 Å². The van der Waals surface area contributed by atoms with E-state index in [2.05, 4.69) is 77.7 Å². The topological polar surface area (TPSA) is 73.2 Å². The number of esters is 1. The van der Waals surface area contributed by atoms with Crippen LogP contribution in [0, 0.1) is 5.92 Å². The standard InChI is InChI=1S/C35H42N4O4/c1-26(2)31(33(41)43-4)36(3)34(42)38-22-14-21-37(23-24-38)32(40)30-25-39(30)35(27-15-8-5-9-16-27,28-17-10-6-11-18-28)29-19-12-7-13-20-29/h5-13,15-20,26,30-31H,14,21-25H2,1-4H3/t30?,31-,39?/m0/s1. The first-order valence-electron chi connectivity index (χ1n) is 15.1. The van der Waals surface area contributed by atoms with Crippen LogP contribution in [0.2, 0.25) is 0 Å². The number of hydrogen-bond donors (Lipinski definition) is 0. The maximum absolute atomic E-state index is 14.1. The van der Waals surface area contributed by atoms with Crippen LogP contribution in [0.5, 0.6) is 0 Å². The van der Waals surface area contributed by atoms with Crippen molar-refractivity contribution in [3.63, 3.8) is 0 Å². The predicted octanol–water partition coefficient (Wildman–Crippen LogP) is 4.45. The Balaban J connectivity index is 1.37. The fraction of sp³-hybridized carbons (Fsp3) is 0.400. The molecule has 0 N–H and O–H groups in total. The quantitative estimate of drug-likeness (QED) is 0.223. The minimum atomic E-state index is -0.666. The molecule has 3 aromatic rings. The second-order valence-electron chi connectivity index (χ2n) is 11.7. The van der Waals surface area contributed by atoms with Crippen LogP contribution < -0.4 is 0 Å². The highest BCUT2D eigenvalue weighted by Crippen LogP contribution is 2.48. The molecule has 226 valence electrons. The van der Waals surface area contributed by atoms with Crippen LogP contribution in [0.25, 0.3) is 0 Å². The van der Waals surface area contributed by atoms with Crippen LogP contribution in [-0.2, 0) is 19.9 Å². The Hall–Kier alpha value is -4.17. The summed E-state index contributed by atoms with van der Waals surface area (Å²) < 4.78 is 4.96. The van der Waals surface area contributed by atoms with Gasteiger partial charge >= 0.3 is 12.0 Å². The van der Waals surface area contributed by atoms with E-state index in [0.29, 0.717) is 39.1 Å². The van der Waals surface area contributed by atoms with Gasteiger partial charge in [-0.2, -0.15) is 0 Å². The van der Waals surface area contributed by atoms with Crippen molar-refractivity contribution in [3.05, 3.63) is 108 Å². The normalized spacial score (nSPS) is 19.4. The molecule has 0 aromatic heterocycles. The fourth-order valence-electron chi connectivity index (χ4n) is 6.64. The zero-order valence-electron chi connectivity index (χ0n) is 25.6. The second kappa shape index (κ2) is 13.0. The predicted molar refractivity (Wildman–Crippen MR) is 166 cm³/mol. The molecule has 8 nitrogen and oxygen atoms in total. The Labute approximate surface area is 254 Å². The molecule has 3 amide bonds. The van der Waals surface area contributed by atoms with E-state index in [9.17, 15) is 14.4 Å². The van der Waals surface area contributed by atoms with Crippen LogP contribution in [0.3, 0.4) is 0 Å². The highest BCUT2D eigenvalue weighted by Gasteiger charge is 2.56. The molecular weight excluding hydrogens is 540 g/mol. The molecule has 2 unspecified atom stereocenters. The Bertz CT molecular complexity index is 1300. The third kappa shape index (κ3) is 5.89. The van der Waals surface area contributed by atoms with Gasteiger partial charge in [0.2, 0.25) is 5.91 Å². The Morgan fingerprint density at radius 2 is 1.23 bits per heavy atom. The molecule has 43 heavy (non-hydrogen) atoms. The van der Waals surface area contributed by atoms with E-state index in [4.69, 9.17) is 4.74 Å². The molecule has 2 aliphatic rings. The van der Waals surface area contributed by atoms with E-state index in [1.807, 2.05) is 36.9 Å². The molecular formula is C35H42N4O4. The lowest BCUT2D eigenvalue weighted by Crippen LogP contribution is -2.52. The number of benzene rings is 3. The molecule has 0 bridgehead atoms. The molecule has 2 fully saturated rings. The lowest BCUT2D eigenvalue weighted by atomic mass is 9.76. The monoisotopic (exact) mass is 582 g/mol. The van der Waals surface area contributed by atoms with Crippen LogP contribution in [0.1, 0.15) is 37.0 Å². The smallest absolute Gasteiger partial charge is 0.328 e. The molecule has 3 aromatic carbocycles. The van der Waals surface area contributed by atoms with Gasteiger partial charge in [-0.15, -0.1) is 0 Å². The minimum Gasteiger partial charge on any atom is -0.467 e. The molecule has 2 aliphatic heterocycles. The van der Waals surface area contributed by atoms with Gasteiger partial charge in [0.15, 0.2) is 0 Å². The molecule has 0 spiro atoms. The van der Waals surface area contributed by atoms with E-state index in [0.717, 1.165) is 16.7 Å². The third-order valence-corrected chi connectivity index (χ3v) is 8.77. The Morgan fingerprint density at radius 3 is 1.70 bits per heavy atom. The summed E-state index contributed by atoms with van der Waals surface area (Å²) in [6.07, 6.45) is 0.670. The number of carbonyl (C=O) groups excluding carboxylic acids is 3. The SMILES string of the molecule is COC(=O)[C@H](C(C)C)N(C)C(=O)N1CCCN(C(=O)C2CN2C(c2ccccc2)(c2ccccc2)c2ccccc2)CC1. The fourth-order valence-corrected chi connectivity index (χ4v) is 6.64. The Morgan fingerprint density at radius 1 is 0.767 bits per heavy atom. The average molecular weight is 583 g/mol. The van der Waals surface area contributed by atoms with E-state index < -0.39 is 17.6 Å². The average Bonchev–Trinajstić information content (AvgIpc) is 3.87. The first kappa shape index (κ1) is 30.3. The maximum Gasteiger partial charge on any atom is 0.328 e. The Kier molecular flexibility index (Phi) is 9.16. The van der Waals surface area contributed by atoms with Gasteiger partial charge in [-0.1, -0.05) is 105 Å². The molecule has 2 heterocycles.